The molecule has 0 atom stereocenters. The lowest BCUT2D eigenvalue weighted by Gasteiger charge is -2.21. The molecule has 0 radical (unpaired) electrons. The van der Waals surface area contributed by atoms with Gasteiger partial charge in [0.25, 0.3) is 0 Å². The molecule has 1 aromatic rings. The topological polar surface area (TPSA) is 75.2 Å². The summed E-state index contributed by atoms with van der Waals surface area (Å²) < 4.78 is 5.04. The summed E-state index contributed by atoms with van der Waals surface area (Å²) in [6.07, 6.45) is 1.67. The van der Waals surface area contributed by atoms with Crippen LogP contribution < -0.4 is 10.6 Å². The van der Waals surface area contributed by atoms with Gasteiger partial charge in [0.15, 0.2) is 0 Å². The minimum Gasteiger partial charge on any atom is -0.384 e. The molecule has 5 heteroatoms. The Morgan fingerprint density at radius 2 is 2.38 bits per heavy atom. The predicted molar refractivity (Wildman–Crippen MR) is 65.0 cm³/mol. The van der Waals surface area contributed by atoms with Crippen LogP contribution >= 0.6 is 0 Å². The number of nitrogen functional groups attached to an aromatic ring is 1. The Labute approximate surface area is 95.7 Å². The van der Waals surface area contributed by atoms with Gasteiger partial charge in [0.1, 0.15) is 11.7 Å². The number of methoxy groups -OCH3 is 1. The molecule has 0 aliphatic carbocycles. The summed E-state index contributed by atoms with van der Waals surface area (Å²) in [5.74, 6) is 0.888. The average Bonchev–Trinajstić information content (AvgIpc) is 2.30. The normalized spacial score (nSPS) is 10.1. The number of aromatic nitrogens is 1. The van der Waals surface area contributed by atoms with E-state index in [4.69, 9.17) is 15.9 Å². The molecule has 0 aliphatic rings. The first-order chi connectivity index (χ1) is 7.69. The van der Waals surface area contributed by atoms with Gasteiger partial charge in [0.05, 0.1) is 6.61 Å². The summed E-state index contributed by atoms with van der Waals surface area (Å²) in [5.41, 5.74) is 6.13. The summed E-state index contributed by atoms with van der Waals surface area (Å²) >= 11 is 0. The number of anilines is 1. The van der Waals surface area contributed by atoms with Crippen molar-refractivity contribution in [3.05, 3.63) is 23.9 Å². The van der Waals surface area contributed by atoms with Crippen molar-refractivity contribution in [2.45, 2.75) is 6.92 Å². The highest BCUT2D eigenvalue weighted by molar-refractivity contribution is 5.95. The number of hydrogen-bond donors (Lipinski definition) is 2. The van der Waals surface area contributed by atoms with Gasteiger partial charge in [-0.05, 0) is 19.1 Å². The second kappa shape index (κ2) is 6.07. The third-order valence-corrected chi connectivity index (χ3v) is 2.33. The van der Waals surface area contributed by atoms with E-state index >= 15 is 0 Å². The number of amidine groups is 1. The minimum absolute atomic E-state index is 0.0615. The molecule has 0 bridgehead atoms. The Morgan fingerprint density at radius 1 is 1.62 bits per heavy atom. The molecule has 0 aliphatic heterocycles. The van der Waals surface area contributed by atoms with E-state index in [9.17, 15) is 0 Å². The third-order valence-electron chi connectivity index (χ3n) is 2.33. The van der Waals surface area contributed by atoms with Crippen LogP contribution in [0.4, 0.5) is 5.82 Å². The van der Waals surface area contributed by atoms with Crippen molar-refractivity contribution in [1.29, 1.82) is 5.41 Å². The molecule has 1 rings (SSSR count). The highest BCUT2D eigenvalue weighted by Crippen LogP contribution is 2.11. The molecule has 16 heavy (non-hydrogen) atoms. The van der Waals surface area contributed by atoms with Gasteiger partial charge in [-0.1, -0.05) is 0 Å². The van der Waals surface area contributed by atoms with E-state index < -0.39 is 0 Å². The third kappa shape index (κ3) is 3.20. The molecule has 1 heterocycles. The fraction of sp³-hybridized carbons (Fsp3) is 0.455. The number of ether oxygens (including phenoxy) is 1. The summed E-state index contributed by atoms with van der Waals surface area (Å²) in [6, 6.07) is 3.55. The number of nitrogens with zero attached hydrogens (tertiary/aromatic N) is 2. The van der Waals surface area contributed by atoms with Crippen molar-refractivity contribution in [2.24, 2.45) is 5.73 Å². The Bertz CT molecular complexity index is 354. The fourth-order valence-electron chi connectivity index (χ4n) is 1.40. The van der Waals surface area contributed by atoms with Crippen LogP contribution in [-0.2, 0) is 4.74 Å². The number of nitrogens with one attached hydrogen (secondary N) is 1. The van der Waals surface area contributed by atoms with Crippen LogP contribution in [0.3, 0.4) is 0 Å². The standard InChI is InChI=1S/C11H18N4O/c1-3-15(6-7-16-2)10-8-9(11(12)13)4-5-14-10/h4-5,8H,3,6-7H2,1-2H3,(H3,12,13). The average molecular weight is 222 g/mol. The maximum atomic E-state index is 7.37. The monoisotopic (exact) mass is 222 g/mol. The maximum absolute atomic E-state index is 7.37. The first-order valence-electron chi connectivity index (χ1n) is 5.23. The molecule has 88 valence electrons. The van der Waals surface area contributed by atoms with Crippen LogP contribution in [-0.4, -0.2) is 37.6 Å². The fourth-order valence-corrected chi connectivity index (χ4v) is 1.40. The summed E-state index contributed by atoms with van der Waals surface area (Å²) in [4.78, 5) is 6.34. The van der Waals surface area contributed by atoms with E-state index in [0.717, 1.165) is 18.9 Å². The van der Waals surface area contributed by atoms with Gasteiger partial charge in [-0.2, -0.15) is 0 Å². The number of likely N-dealkylation sites (N-methyl/N-ethyl adjacent to an activating group) is 1. The van der Waals surface area contributed by atoms with Crippen LogP contribution in [0.25, 0.3) is 0 Å². The summed E-state index contributed by atoms with van der Waals surface area (Å²) in [6.45, 7) is 4.33. The predicted octanol–water partition coefficient (Wildman–Crippen LogP) is 0.838. The summed E-state index contributed by atoms with van der Waals surface area (Å²) in [7, 11) is 1.67. The van der Waals surface area contributed by atoms with E-state index in [1.54, 1.807) is 19.4 Å². The van der Waals surface area contributed by atoms with Crippen molar-refractivity contribution in [3.8, 4) is 0 Å². The van der Waals surface area contributed by atoms with E-state index in [2.05, 4.69) is 16.8 Å². The van der Waals surface area contributed by atoms with Crippen LogP contribution in [0, 0.1) is 5.41 Å². The summed E-state index contributed by atoms with van der Waals surface area (Å²) in [5, 5.41) is 7.37. The second-order valence-corrected chi connectivity index (χ2v) is 3.39. The van der Waals surface area contributed by atoms with Gasteiger partial charge in [-0.3, -0.25) is 5.41 Å². The van der Waals surface area contributed by atoms with Gasteiger partial charge >= 0.3 is 0 Å². The molecule has 0 saturated heterocycles. The lowest BCUT2D eigenvalue weighted by molar-refractivity contribution is 0.205. The lowest BCUT2D eigenvalue weighted by atomic mass is 10.2. The number of hydrogen-bond acceptors (Lipinski definition) is 4. The molecule has 0 amide bonds. The second-order valence-electron chi connectivity index (χ2n) is 3.39. The molecule has 0 spiro atoms. The zero-order valence-corrected chi connectivity index (χ0v) is 9.73. The van der Waals surface area contributed by atoms with Crippen molar-refractivity contribution in [1.82, 2.24) is 4.98 Å². The Kier molecular flexibility index (Phi) is 4.72. The molecule has 3 N–H and O–H groups in total. The first kappa shape index (κ1) is 12.4. The lowest BCUT2D eigenvalue weighted by Crippen LogP contribution is -2.28. The molecule has 0 saturated carbocycles. The van der Waals surface area contributed by atoms with Crippen LogP contribution in [0.5, 0.6) is 0 Å². The molecule has 0 fully saturated rings. The van der Waals surface area contributed by atoms with Crippen molar-refractivity contribution in [3.63, 3.8) is 0 Å². The van der Waals surface area contributed by atoms with Crippen molar-refractivity contribution in [2.75, 3.05) is 31.7 Å². The van der Waals surface area contributed by atoms with Gasteiger partial charge in [-0.15, -0.1) is 0 Å². The Hall–Kier alpha value is -1.62. The maximum Gasteiger partial charge on any atom is 0.129 e. The smallest absolute Gasteiger partial charge is 0.129 e. The molecule has 1 aromatic heterocycles. The zero-order valence-electron chi connectivity index (χ0n) is 9.73. The minimum atomic E-state index is 0.0615. The van der Waals surface area contributed by atoms with Crippen LogP contribution in [0.1, 0.15) is 12.5 Å². The largest absolute Gasteiger partial charge is 0.384 e. The molecular weight excluding hydrogens is 204 g/mol. The first-order valence-corrected chi connectivity index (χ1v) is 5.23. The van der Waals surface area contributed by atoms with E-state index in [1.165, 1.54) is 0 Å². The SMILES string of the molecule is CCN(CCOC)c1cc(C(=N)N)ccn1. The van der Waals surface area contributed by atoms with Gasteiger partial charge in [0.2, 0.25) is 0 Å². The molecular formula is C11H18N4O. The zero-order chi connectivity index (χ0) is 12.0. The van der Waals surface area contributed by atoms with Gasteiger partial charge in [0, 0.05) is 32.0 Å². The quantitative estimate of drug-likeness (QED) is 0.552. The van der Waals surface area contributed by atoms with E-state index in [0.29, 0.717) is 12.2 Å². The highest BCUT2D eigenvalue weighted by atomic mass is 16.5. The number of nitrogens with two attached hydrogens (primary N) is 1. The molecule has 0 aromatic carbocycles. The van der Waals surface area contributed by atoms with Crippen LogP contribution in [0.15, 0.2) is 18.3 Å². The van der Waals surface area contributed by atoms with Crippen molar-refractivity contribution >= 4 is 11.7 Å². The highest BCUT2D eigenvalue weighted by Gasteiger charge is 2.06. The van der Waals surface area contributed by atoms with Gasteiger partial charge in [-0.25, -0.2) is 4.98 Å². The Morgan fingerprint density at radius 3 is 2.94 bits per heavy atom. The van der Waals surface area contributed by atoms with Crippen LogP contribution in [0.2, 0.25) is 0 Å². The molecule has 5 nitrogen and oxygen atoms in total. The van der Waals surface area contributed by atoms with E-state index in [1.807, 2.05) is 6.07 Å². The molecule has 0 unspecified atom stereocenters. The Balaban J connectivity index is 2.83. The van der Waals surface area contributed by atoms with Crippen molar-refractivity contribution < 1.29 is 4.74 Å². The van der Waals surface area contributed by atoms with Gasteiger partial charge < -0.3 is 15.4 Å². The number of rotatable bonds is 6. The number of pyridine rings is 1. The van der Waals surface area contributed by atoms with E-state index in [-0.39, 0.29) is 5.84 Å².